The molecule has 0 rings (SSSR count). The van der Waals surface area contributed by atoms with Gasteiger partial charge in [-0.05, 0) is 6.92 Å². The molecule has 0 aromatic carbocycles. The number of carbonyl (C=O) groups excluding carboxylic acids is 1. The predicted octanol–water partition coefficient (Wildman–Crippen LogP) is 0.730. The SMILES string of the molecule is CCN(C)C(=O)C(F)F. The molecule has 0 aromatic rings. The summed E-state index contributed by atoms with van der Waals surface area (Å²) >= 11 is 0. The van der Waals surface area contributed by atoms with Gasteiger partial charge in [0, 0.05) is 13.6 Å². The minimum Gasteiger partial charge on any atom is -0.341 e. The van der Waals surface area contributed by atoms with Crippen molar-refractivity contribution in [1.29, 1.82) is 0 Å². The average molecular weight is 137 g/mol. The monoisotopic (exact) mass is 137 g/mol. The lowest BCUT2D eigenvalue weighted by Crippen LogP contribution is -2.31. The topological polar surface area (TPSA) is 20.3 Å². The summed E-state index contributed by atoms with van der Waals surface area (Å²) in [5.74, 6) is -1.11. The van der Waals surface area contributed by atoms with Crippen molar-refractivity contribution in [2.24, 2.45) is 0 Å². The zero-order chi connectivity index (χ0) is 7.44. The van der Waals surface area contributed by atoms with Crippen LogP contribution in [0.5, 0.6) is 0 Å². The molecular weight excluding hydrogens is 128 g/mol. The second-order valence-corrected chi connectivity index (χ2v) is 1.65. The Balaban J connectivity index is 3.73. The third-order valence-corrected chi connectivity index (χ3v) is 1.04. The van der Waals surface area contributed by atoms with E-state index in [4.69, 9.17) is 0 Å². The molecule has 0 atom stereocenters. The van der Waals surface area contributed by atoms with Crippen LogP contribution in [0.15, 0.2) is 0 Å². The van der Waals surface area contributed by atoms with Crippen molar-refractivity contribution in [3.05, 3.63) is 0 Å². The highest BCUT2D eigenvalue weighted by Gasteiger charge is 2.17. The molecule has 1 amide bonds. The van der Waals surface area contributed by atoms with Crippen LogP contribution >= 0.6 is 0 Å². The van der Waals surface area contributed by atoms with E-state index in [9.17, 15) is 13.6 Å². The molecule has 0 spiro atoms. The zero-order valence-corrected chi connectivity index (χ0v) is 5.40. The quantitative estimate of drug-likeness (QED) is 0.549. The fraction of sp³-hybridized carbons (Fsp3) is 0.800. The maximum Gasteiger partial charge on any atom is 0.315 e. The van der Waals surface area contributed by atoms with E-state index in [2.05, 4.69) is 0 Å². The number of hydrogen-bond acceptors (Lipinski definition) is 1. The normalized spacial score (nSPS) is 9.89. The number of halogens is 2. The summed E-state index contributed by atoms with van der Waals surface area (Å²) in [5, 5.41) is 0. The number of alkyl halides is 2. The molecule has 0 fully saturated rings. The maximum atomic E-state index is 11.5. The van der Waals surface area contributed by atoms with Crippen LogP contribution in [0.3, 0.4) is 0 Å². The van der Waals surface area contributed by atoms with Gasteiger partial charge in [-0.2, -0.15) is 8.78 Å². The smallest absolute Gasteiger partial charge is 0.315 e. The minimum absolute atomic E-state index is 0.323. The molecular formula is C5H9F2NO. The van der Waals surface area contributed by atoms with Crippen molar-refractivity contribution in [1.82, 2.24) is 4.90 Å². The molecule has 4 heteroatoms. The third-order valence-electron chi connectivity index (χ3n) is 1.04. The summed E-state index contributed by atoms with van der Waals surface area (Å²) in [5.41, 5.74) is 0. The first kappa shape index (κ1) is 8.33. The van der Waals surface area contributed by atoms with Gasteiger partial charge in [0.25, 0.3) is 5.91 Å². The molecule has 0 aromatic heterocycles. The van der Waals surface area contributed by atoms with Crippen LogP contribution in [-0.2, 0) is 4.79 Å². The molecule has 0 unspecified atom stereocenters. The second kappa shape index (κ2) is 3.37. The highest BCUT2D eigenvalue weighted by Crippen LogP contribution is 1.96. The van der Waals surface area contributed by atoms with Crippen LogP contribution in [0.2, 0.25) is 0 Å². The summed E-state index contributed by atoms with van der Waals surface area (Å²) in [6.45, 7) is 1.96. The molecule has 0 bridgehead atoms. The first-order valence-corrected chi connectivity index (χ1v) is 2.62. The molecule has 0 radical (unpaired) electrons. The Morgan fingerprint density at radius 2 is 2.11 bits per heavy atom. The largest absolute Gasteiger partial charge is 0.341 e. The number of rotatable bonds is 2. The van der Waals surface area contributed by atoms with E-state index in [1.807, 2.05) is 0 Å². The van der Waals surface area contributed by atoms with E-state index in [1.165, 1.54) is 7.05 Å². The van der Waals surface area contributed by atoms with Gasteiger partial charge in [0.2, 0.25) is 0 Å². The van der Waals surface area contributed by atoms with E-state index >= 15 is 0 Å². The molecule has 0 saturated carbocycles. The second-order valence-electron chi connectivity index (χ2n) is 1.65. The Morgan fingerprint density at radius 3 is 2.22 bits per heavy atom. The molecule has 2 nitrogen and oxygen atoms in total. The van der Waals surface area contributed by atoms with Gasteiger partial charge in [0.05, 0.1) is 0 Å². The number of hydrogen-bond donors (Lipinski definition) is 0. The van der Waals surface area contributed by atoms with Crippen LogP contribution < -0.4 is 0 Å². The highest BCUT2D eigenvalue weighted by atomic mass is 19.3. The Morgan fingerprint density at radius 1 is 1.67 bits per heavy atom. The third kappa shape index (κ3) is 2.39. The molecule has 9 heavy (non-hydrogen) atoms. The van der Waals surface area contributed by atoms with Crippen LogP contribution in [0, 0.1) is 0 Å². The first-order valence-electron chi connectivity index (χ1n) is 2.62. The Kier molecular flexibility index (Phi) is 3.12. The van der Waals surface area contributed by atoms with Gasteiger partial charge in [-0.15, -0.1) is 0 Å². The van der Waals surface area contributed by atoms with Crippen molar-refractivity contribution < 1.29 is 13.6 Å². The van der Waals surface area contributed by atoms with E-state index in [1.54, 1.807) is 6.92 Å². The fourth-order valence-electron chi connectivity index (χ4n) is 0.322. The lowest BCUT2D eigenvalue weighted by atomic mass is 10.5. The van der Waals surface area contributed by atoms with Gasteiger partial charge in [-0.1, -0.05) is 0 Å². The summed E-state index contributed by atoms with van der Waals surface area (Å²) < 4.78 is 22.9. The van der Waals surface area contributed by atoms with Gasteiger partial charge in [0.15, 0.2) is 0 Å². The van der Waals surface area contributed by atoms with E-state index in [-0.39, 0.29) is 0 Å². The molecule has 0 saturated heterocycles. The van der Waals surface area contributed by atoms with Gasteiger partial charge >= 0.3 is 6.43 Å². The molecule has 0 N–H and O–H groups in total. The Bertz CT molecular complexity index is 105. The summed E-state index contributed by atoms with van der Waals surface area (Å²) in [6, 6.07) is 0. The molecule has 54 valence electrons. The lowest BCUT2D eigenvalue weighted by Gasteiger charge is -2.12. The molecule has 0 aliphatic rings. The van der Waals surface area contributed by atoms with Crippen molar-refractivity contribution in [2.45, 2.75) is 13.3 Å². The highest BCUT2D eigenvalue weighted by molar-refractivity contribution is 5.78. The number of amides is 1. The van der Waals surface area contributed by atoms with E-state index < -0.39 is 12.3 Å². The summed E-state index contributed by atoms with van der Waals surface area (Å²) in [4.78, 5) is 11.2. The number of nitrogens with zero attached hydrogens (tertiary/aromatic N) is 1. The van der Waals surface area contributed by atoms with Crippen LogP contribution in [-0.4, -0.2) is 30.8 Å². The molecule has 0 aliphatic carbocycles. The summed E-state index contributed by atoms with van der Waals surface area (Å²) in [6.07, 6.45) is -2.87. The number of carbonyl (C=O) groups is 1. The van der Waals surface area contributed by atoms with Crippen LogP contribution in [0.1, 0.15) is 6.92 Å². The Labute approximate surface area is 52.5 Å². The van der Waals surface area contributed by atoms with Crippen molar-refractivity contribution in [3.8, 4) is 0 Å². The maximum absolute atomic E-state index is 11.5. The van der Waals surface area contributed by atoms with Gasteiger partial charge in [0.1, 0.15) is 0 Å². The average Bonchev–Trinajstić information content (AvgIpc) is 1.84. The van der Waals surface area contributed by atoms with Gasteiger partial charge in [-0.3, -0.25) is 4.79 Å². The van der Waals surface area contributed by atoms with Crippen molar-refractivity contribution in [3.63, 3.8) is 0 Å². The van der Waals surface area contributed by atoms with E-state index in [0.29, 0.717) is 6.54 Å². The van der Waals surface area contributed by atoms with Gasteiger partial charge < -0.3 is 4.90 Å². The van der Waals surface area contributed by atoms with Crippen molar-refractivity contribution >= 4 is 5.91 Å². The molecule has 0 aliphatic heterocycles. The molecule has 0 heterocycles. The first-order chi connectivity index (χ1) is 4.09. The van der Waals surface area contributed by atoms with Crippen LogP contribution in [0.25, 0.3) is 0 Å². The predicted molar refractivity (Wildman–Crippen MR) is 29.3 cm³/mol. The minimum atomic E-state index is -2.87. The lowest BCUT2D eigenvalue weighted by molar-refractivity contribution is -0.141. The fourth-order valence-corrected chi connectivity index (χ4v) is 0.322. The van der Waals surface area contributed by atoms with Crippen molar-refractivity contribution in [2.75, 3.05) is 13.6 Å². The van der Waals surface area contributed by atoms with Gasteiger partial charge in [-0.25, -0.2) is 0 Å². The zero-order valence-electron chi connectivity index (χ0n) is 5.40. The standard InChI is InChI=1S/C5H9F2NO/c1-3-8(2)5(9)4(6)7/h4H,3H2,1-2H3. The van der Waals surface area contributed by atoms with E-state index in [0.717, 1.165) is 4.90 Å². The summed E-state index contributed by atoms with van der Waals surface area (Å²) in [7, 11) is 1.34. The van der Waals surface area contributed by atoms with Crippen LogP contribution in [0.4, 0.5) is 8.78 Å². The Hall–Kier alpha value is -0.670.